The first kappa shape index (κ1) is 13.2. The molecule has 90 valence electrons. The van der Waals surface area contributed by atoms with Crippen molar-refractivity contribution in [2.75, 3.05) is 13.1 Å². The molecule has 1 aliphatic heterocycles. The highest BCUT2D eigenvalue weighted by atomic mass is 35.5. The zero-order valence-corrected chi connectivity index (χ0v) is 10.5. The van der Waals surface area contributed by atoms with Gasteiger partial charge in [0.05, 0.1) is 0 Å². The summed E-state index contributed by atoms with van der Waals surface area (Å²) in [6.45, 7) is 5.97. The van der Waals surface area contributed by atoms with Crippen LogP contribution in [0.2, 0.25) is 0 Å². The van der Waals surface area contributed by atoms with Crippen LogP contribution in [-0.4, -0.2) is 29.2 Å². The van der Waals surface area contributed by atoms with Crippen molar-refractivity contribution in [3.8, 4) is 6.01 Å². The van der Waals surface area contributed by atoms with Gasteiger partial charge >= 0.3 is 6.01 Å². The van der Waals surface area contributed by atoms with Crippen LogP contribution in [0.15, 0.2) is 6.07 Å². The first-order valence-corrected chi connectivity index (χ1v) is 5.44. The number of nitrogens with one attached hydrogen (secondary N) is 1. The maximum Gasteiger partial charge on any atom is 0.317 e. The molecule has 0 radical (unpaired) electrons. The largest absolute Gasteiger partial charge is 0.460 e. The SMILES string of the molecule is Cc1cc(C)nc(OC2CCNCC2)n1.Cl. The number of rotatable bonds is 2. The molecule has 1 aliphatic rings. The van der Waals surface area contributed by atoms with Crippen LogP contribution >= 0.6 is 12.4 Å². The predicted molar refractivity (Wildman–Crippen MR) is 65.3 cm³/mol. The second-order valence-electron chi connectivity index (χ2n) is 4.00. The predicted octanol–water partition coefficient (Wildman–Crippen LogP) is 1.65. The molecule has 1 aromatic heterocycles. The molecule has 1 aromatic rings. The number of aryl methyl sites for hydroxylation is 2. The zero-order chi connectivity index (χ0) is 10.7. The van der Waals surface area contributed by atoms with Crippen molar-refractivity contribution >= 4 is 12.4 Å². The van der Waals surface area contributed by atoms with Crippen LogP contribution in [0, 0.1) is 13.8 Å². The summed E-state index contributed by atoms with van der Waals surface area (Å²) in [5.74, 6) is 0. The van der Waals surface area contributed by atoms with Crippen LogP contribution in [-0.2, 0) is 0 Å². The monoisotopic (exact) mass is 243 g/mol. The lowest BCUT2D eigenvalue weighted by atomic mass is 10.1. The smallest absolute Gasteiger partial charge is 0.317 e. The summed E-state index contributed by atoms with van der Waals surface area (Å²) in [7, 11) is 0. The van der Waals surface area contributed by atoms with Crippen LogP contribution in [0.4, 0.5) is 0 Å². The molecule has 0 amide bonds. The number of aromatic nitrogens is 2. The highest BCUT2D eigenvalue weighted by Crippen LogP contribution is 2.13. The molecule has 0 bridgehead atoms. The summed E-state index contributed by atoms with van der Waals surface area (Å²) >= 11 is 0. The summed E-state index contributed by atoms with van der Waals surface area (Å²) in [6.07, 6.45) is 2.35. The Hall–Kier alpha value is -0.870. The minimum Gasteiger partial charge on any atom is -0.460 e. The van der Waals surface area contributed by atoms with Crippen LogP contribution in [0.25, 0.3) is 0 Å². The minimum absolute atomic E-state index is 0. The van der Waals surface area contributed by atoms with Crippen molar-refractivity contribution in [2.24, 2.45) is 0 Å². The fourth-order valence-corrected chi connectivity index (χ4v) is 1.81. The van der Waals surface area contributed by atoms with Gasteiger partial charge in [-0.25, -0.2) is 9.97 Å². The van der Waals surface area contributed by atoms with E-state index in [1.807, 2.05) is 19.9 Å². The third kappa shape index (κ3) is 3.61. The van der Waals surface area contributed by atoms with E-state index in [0.29, 0.717) is 6.01 Å². The van der Waals surface area contributed by atoms with Gasteiger partial charge < -0.3 is 10.1 Å². The van der Waals surface area contributed by atoms with Crippen LogP contribution in [0.1, 0.15) is 24.2 Å². The second kappa shape index (κ2) is 6.01. The van der Waals surface area contributed by atoms with E-state index >= 15 is 0 Å². The standard InChI is InChI=1S/C11H17N3O.ClH/c1-8-7-9(2)14-11(13-8)15-10-3-5-12-6-4-10;/h7,10,12H,3-6H2,1-2H3;1H. The minimum atomic E-state index is 0. The molecule has 0 aliphatic carbocycles. The average Bonchev–Trinajstić information content (AvgIpc) is 2.17. The van der Waals surface area contributed by atoms with Crippen molar-refractivity contribution in [2.45, 2.75) is 32.8 Å². The third-order valence-electron chi connectivity index (χ3n) is 2.52. The van der Waals surface area contributed by atoms with Gasteiger partial charge in [0, 0.05) is 11.4 Å². The number of hydrogen-bond donors (Lipinski definition) is 1. The Morgan fingerprint density at radius 3 is 2.31 bits per heavy atom. The number of nitrogens with zero attached hydrogens (tertiary/aromatic N) is 2. The molecule has 1 fully saturated rings. The Morgan fingerprint density at radius 1 is 1.19 bits per heavy atom. The molecular weight excluding hydrogens is 226 g/mol. The second-order valence-corrected chi connectivity index (χ2v) is 4.00. The van der Waals surface area contributed by atoms with E-state index in [2.05, 4.69) is 15.3 Å². The lowest BCUT2D eigenvalue weighted by Gasteiger charge is -2.22. The molecule has 16 heavy (non-hydrogen) atoms. The normalized spacial score (nSPS) is 16.6. The average molecular weight is 244 g/mol. The van der Waals surface area contributed by atoms with Gasteiger partial charge in [-0.15, -0.1) is 12.4 Å². The van der Waals surface area contributed by atoms with E-state index < -0.39 is 0 Å². The van der Waals surface area contributed by atoms with E-state index in [9.17, 15) is 0 Å². The molecule has 0 spiro atoms. The topological polar surface area (TPSA) is 47.0 Å². The molecule has 4 nitrogen and oxygen atoms in total. The quantitative estimate of drug-likeness (QED) is 0.858. The number of hydrogen-bond acceptors (Lipinski definition) is 4. The first-order valence-electron chi connectivity index (χ1n) is 5.44. The molecular formula is C11H18ClN3O. The van der Waals surface area contributed by atoms with Gasteiger partial charge in [0.15, 0.2) is 0 Å². The maximum absolute atomic E-state index is 5.75. The van der Waals surface area contributed by atoms with Gasteiger partial charge in [0.1, 0.15) is 6.10 Å². The third-order valence-corrected chi connectivity index (χ3v) is 2.52. The molecule has 2 rings (SSSR count). The Morgan fingerprint density at radius 2 is 1.75 bits per heavy atom. The lowest BCUT2D eigenvalue weighted by molar-refractivity contribution is 0.148. The van der Waals surface area contributed by atoms with E-state index in [1.165, 1.54) is 0 Å². The molecule has 0 aromatic carbocycles. The lowest BCUT2D eigenvalue weighted by Crippen LogP contribution is -2.34. The van der Waals surface area contributed by atoms with Crippen molar-refractivity contribution in [1.82, 2.24) is 15.3 Å². The maximum atomic E-state index is 5.75. The zero-order valence-electron chi connectivity index (χ0n) is 9.69. The van der Waals surface area contributed by atoms with E-state index in [0.717, 1.165) is 37.3 Å². The Bertz CT molecular complexity index is 320. The Kier molecular flexibility index (Phi) is 4.96. The van der Waals surface area contributed by atoms with Crippen molar-refractivity contribution in [3.05, 3.63) is 17.5 Å². The summed E-state index contributed by atoms with van der Waals surface area (Å²) < 4.78 is 5.75. The number of ether oxygens (including phenoxy) is 1. The van der Waals surface area contributed by atoms with Crippen molar-refractivity contribution in [3.63, 3.8) is 0 Å². The molecule has 0 atom stereocenters. The van der Waals surface area contributed by atoms with Gasteiger partial charge in [0.25, 0.3) is 0 Å². The van der Waals surface area contributed by atoms with Crippen LogP contribution in [0.3, 0.4) is 0 Å². The summed E-state index contributed by atoms with van der Waals surface area (Å²) in [6, 6.07) is 2.48. The highest BCUT2D eigenvalue weighted by molar-refractivity contribution is 5.85. The first-order chi connectivity index (χ1) is 7.24. The number of halogens is 1. The van der Waals surface area contributed by atoms with Crippen LogP contribution < -0.4 is 10.1 Å². The molecule has 1 saturated heterocycles. The molecule has 5 heteroatoms. The molecule has 1 N–H and O–H groups in total. The number of piperidine rings is 1. The van der Waals surface area contributed by atoms with Gasteiger partial charge in [0.2, 0.25) is 0 Å². The molecule has 2 heterocycles. The molecule has 0 saturated carbocycles. The van der Waals surface area contributed by atoms with Gasteiger partial charge in [-0.05, 0) is 45.8 Å². The van der Waals surface area contributed by atoms with E-state index in [4.69, 9.17) is 4.74 Å². The fourth-order valence-electron chi connectivity index (χ4n) is 1.81. The molecule has 0 unspecified atom stereocenters. The van der Waals surface area contributed by atoms with Gasteiger partial charge in [-0.1, -0.05) is 0 Å². The van der Waals surface area contributed by atoms with Crippen molar-refractivity contribution in [1.29, 1.82) is 0 Å². The van der Waals surface area contributed by atoms with E-state index in [1.54, 1.807) is 0 Å². The van der Waals surface area contributed by atoms with Gasteiger partial charge in [-0.3, -0.25) is 0 Å². The fraction of sp³-hybridized carbons (Fsp3) is 0.636. The summed E-state index contributed by atoms with van der Waals surface area (Å²) in [5, 5.41) is 3.30. The van der Waals surface area contributed by atoms with Crippen LogP contribution in [0.5, 0.6) is 6.01 Å². The highest BCUT2D eigenvalue weighted by Gasteiger charge is 2.15. The Balaban J connectivity index is 0.00000128. The summed E-state index contributed by atoms with van der Waals surface area (Å²) in [5.41, 5.74) is 1.93. The summed E-state index contributed by atoms with van der Waals surface area (Å²) in [4.78, 5) is 8.55. The van der Waals surface area contributed by atoms with Crippen molar-refractivity contribution < 1.29 is 4.74 Å². The van der Waals surface area contributed by atoms with E-state index in [-0.39, 0.29) is 18.5 Å². The van der Waals surface area contributed by atoms with Gasteiger partial charge in [-0.2, -0.15) is 0 Å². The Labute approximate surface area is 102 Å².